The van der Waals surface area contributed by atoms with Gasteiger partial charge >= 0.3 is 0 Å². The minimum atomic E-state index is 0.780. The zero-order valence-corrected chi connectivity index (χ0v) is 10.2. The Hall–Kier alpha value is -0.290. The van der Waals surface area contributed by atoms with Crippen LogP contribution in [0.3, 0.4) is 0 Å². The summed E-state index contributed by atoms with van der Waals surface area (Å²) in [7, 11) is 4.25. The molecule has 0 fully saturated rings. The van der Waals surface area contributed by atoms with Gasteiger partial charge in [0.2, 0.25) is 0 Å². The number of halogens is 1. The molecule has 0 aliphatic heterocycles. The highest BCUT2D eigenvalue weighted by molar-refractivity contribution is 14.1. The fourth-order valence-corrected chi connectivity index (χ4v) is 1.47. The van der Waals surface area contributed by atoms with Crippen LogP contribution in [0.2, 0.25) is 0 Å². The Kier molecular flexibility index (Phi) is 4.52. The second-order valence-corrected chi connectivity index (χ2v) is 4.40. The number of hydrogen-bond acceptors (Lipinski definition) is 1. The molecule has 0 radical (unpaired) electrons. The van der Waals surface area contributed by atoms with Crippen LogP contribution in [0.4, 0.5) is 0 Å². The van der Waals surface area contributed by atoms with E-state index in [1.807, 2.05) is 18.2 Å². The van der Waals surface area contributed by atoms with Crippen LogP contribution in [0.15, 0.2) is 24.3 Å². The van der Waals surface area contributed by atoms with Crippen LogP contribution in [-0.2, 0) is 0 Å². The summed E-state index contributed by atoms with van der Waals surface area (Å²) in [4.78, 5) is 1.41. The molecule has 0 amide bonds. The van der Waals surface area contributed by atoms with Crippen LogP contribution in [0.5, 0.6) is 5.75 Å². The Morgan fingerprint density at radius 1 is 1.31 bits per heavy atom. The summed E-state index contributed by atoms with van der Waals surface area (Å²) in [6.45, 7) is 1.81. The minimum Gasteiger partial charge on any atom is -0.487 e. The van der Waals surface area contributed by atoms with E-state index in [0.717, 1.165) is 18.9 Å². The van der Waals surface area contributed by atoms with E-state index in [9.17, 15) is 0 Å². The van der Waals surface area contributed by atoms with Gasteiger partial charge in [0.25, 0.3) is 0 Å². The maximum absolute atomic E-state index is 5.62. The zero-order chi connectivity index (χ0) is 9.68. The predicted octanol–water partition coefficient (Wildman–Crippen LogP) is 0.815. The van der Waals surface area contributed by atoms with Crippen molar-refractivity contribution < 1.29 is 9.64 Å². The van der Waals surface area contributed by atoms with Gasteiger partial charge in [-0.05, 0) is 34.7 Å². The highest BCUT2D eigenvalue weighted by Crippen LogP contribution is 2.18. The van der Waals surface area contributed by atoms with Gasteiger partial charge in [0.1, 0.15) is 18.9 Å². The van der Waals surface area contributed by atoms with E-state index in [1.54, 1.807) is 0 Å². The Bertz CT molecular complexity index is 263. The SMILES string of the molecule is C[NH+](C)CCOc1ccccc1I. The molecule has 3 heteroatoms. The van der Waals surface area contributed by atoms with Crippen molar-refractivity contribution in [2.24, 2.45) is 0 Å². The van der Waals surface area contributed by atoms with Gasteiger partial charge in [-0.2, -0.15) is 0 Å². The highest BCUT2D eigenvalue weighted by atomic mass is 127. The molecule has 72 valence electrons. The number of nitrogens with one attached hydrogen (secondary N) is 1. The molecule has 1 rings (SSSR count). The Morgan fingerprint density at radius 2 is 2.00 bits per heavy atom. The van der Waals surface area contributed by atoms with Crippen molar-refractivity contribution in [3.05, 3.63) is 27.8 Å². The van der Waals surface area contributed by atoms with Crippen LogP contribution < -0.4 is 9.64 Å². The molecule has 0 saturated carbocycles. The average molecular weight is 292 g/mol. The number of hydrogen-bond donors (Lipinski definition) is 1. The number of ether oxygens (including phenoxy) is 1. The first-order valence-corrected chi connectivity index (χ1v) is 5.44. The van der Waals surface area contributed by atoms with Crippen molar-refractivity contribution in [3.63, 3.8) is 0 Å². The monoisotopic (exact) mass is 292 g/mol. The molecule has 0 aromatic heterocycles. The first kappa shape index (κ1) is 10.8. The van der Waals surface area contributed by atoms with E-state index < -0.39 is 0 Å². The van der Waals surface area contributed by atoms with Crippen molar-refractivity contribution in [3.8, 4) is 5.75 Å². The van der Waals surface area contributed by atoms with Crippen LogP contribution >= 0.6 is 22.6 Å². The van der Waals surface area contributed by atoms with Crippen molar-refractivity contribution in [2.75, 3.05) is 27.2 Å². The molecule has 0 atom stereocenters. The molecular weight excluding hydrogens is 277 g/mol. The lowest BCUT2D eigenvalue weighted by molar-refractivity contribution is -0.858. The van der Waals surface area contributed by atoms with E-state index in [4.69, 9.17) is 4.74 Å². The molecule has 13 heavy (non-hydrogen) atoms. The second-order valence-electron chi connectivity index (χ2n) is 3.24. The maximum Gasteiger partial charge on any atom is 0.137 e. The molecule has 0 aliphatic rings. The van der Waals surface area contributed by atoms with E-state index >= 15 is 0 Å². The van der Waals surface area contributed by atoms with Crippen LogP contribution in [0.25, 0.3) is 0 Å². The smallest absolute Gasteiger partial charge is 0.137 e. The van der Waals surface area contributed by atoms with E-state index in [0.29, 0.717) is 0 Å². The highest BCUT2D eigenvalue weighted by Gasteiger charge is 1.99. The summed E-state index contributed by atoms with van der Waals surface area (Å²) in [5, 5.41) is 0. The molecule has 0 bridgehead atoms. The number of quaternary nitrogens is 1. The van der Waals surface area contributed by atoms with E-state index in [-0.39, 0.29) is 0 Å². The lowest BCUT2D eigenvalue weighted by Crippen LogP contribution is -3.06. The summed E-state index contributed by atoms with van der Waals surface area (Å²) in [6, 6.07) is 8.08. The van der Waals surface area contributed by atoms with Crippen LogP contribution in [0, 0.1) is 3.57 Å². The summed E-state index contributed by atoms with van der Waals surface area (Å²) in [5.74, 6) is 0.990. The second kappa shape index (κ2) is 5.44. The summed E-state index contributed by atoms with van der Waals surface area (Å²) >= 11 is 2.29. The standard InChI is InChI=1S/C10H14INO/c1-12(2)7-8-13-10-6-4-3-5-9(10)11/h3-6H,7-8H2,1-2H3/p+1. The van der Waals surface area contributed by atoms with Crippen molar-refractivity contribution in [1.29, 1.82) is 0 Å². The van der Waals surface area contributed by atoms with Crippen molar-refractivity contribution in [1.82, 2.24) is 0 Å². The van der Waals surface area contributed by atoms with Gasteiger partial charge in [0, 0.05) is 0 Å². The molecule has 0 aliphatic carbocycles. The quantitative estimate of drug-likeness (QED) is 0.811. The Labute approximate surface area is 93.0 Å². The first-order chi connectivity index (χ1) is 6.20. The fraction of sp³-hybridized carbons (Fsp3) is 0.400. The average Bonchev–Trinajstić information content (AvgIpc) is 2.08. The fourth-order valence-electron chi connectivity index (χ4n) is 0.927. The zero-order valence-electron chi connectivity index (χ0n) is 8.01. The molecule has 1 aromatic rings. The molecule has 0 unspecified atom stereocenters. The molecule has 0 heterocycles. The summed E-state index contributed by atoms with van der Waals surface area (Å²) in [6.07, 6.45) is 0. The number of para-hydroxylation sites is 1. The van der Waals surface area contributed by atoms with E-state index in [1.165, 1.54) is 8.47 Å². The molecule has 1 aromatic carbocycles. The third-order valence-corrected chi connectivity index (χ3v) is 2.59. The number of benzene rings is 1. The Balaban J connectivity index is 2.41. The third kappa shape index (κ3) is 3.95. The van der Waals surface area contributed by atoms with Crippen molar-refractivity contribution >= 4 is 22.6 Å². The largest absolute Gasteiger partial charge is 0.487 e. The summed E-state index contributed by atoms with van der Waals surface area (Å²) < 4.78 is 6.79. The van der Waals surface area contributed by atoms with Gasteiger partial charge in [-0.25, -0.2) is 0 Å². The van der Waals surface area contributed by atoms with Gasteiger partial charge in [-0.1, -0.05) is 12.1 Å². The summed E-state index contributed by atoms with van der Waals surface area (Å²) in [5.41, 5.74) is 0. The van der Waals surface area contributed by atoms with Gasteiger partial charge in [0.05, 0.1) is 17.7 Å². The lowest BCUT2D eigenvalue weighted by atomic mass is 10.3. The van der Waals surface area contributed by atoms with Gasteiger partial charge in [-0.3, -0.25) is 0 Å². The van der Waals surface area contributed by atoms with Crippen LogP contribution in [-0.4, -0.2) is 27.2 Å². The lowest BCUT2D eigenvalue weighted by Gasteiger charge is -2.09. The predicted molar refractivity (Wildman–Crippen MR) is 62.3 cm³/mol. The Morgan fingerprint density at radius 3 is 2.62 bits per heavy atom. The maximum atomic E-state index is 5.62. The molecular formula is C10H15INO+. The van der Waals surface area contributed by atoms with E-state index in [2.05, 4.69) is 42.8 Å². The van der Waals surface area contributed by atoms with Crippen LogP contribution in [0.1, 0.15) is 0 Å². The minimum absolute atomic E-state index is 0.780. The number of rotatable bonds is 4. The molecule has 0 saturated heterocycles. The first-order valence-electron chi connectivity index (χ1n) is 4.36. The van der Waals surface area contributed by atoms with Gasteiger partial charge in [0.15, 0.2) is 0 Å². The topological polar surface area (TPSA) is 13.7 Å². The molecule has 0 spiro atoms. The molecule has 2 nitrogen and oxygen atoms in total. The normalized spacial score (nSPS) is 10.5. The number of likely N-dealkylation sites (N-methyl/N-ethyl adjacent to an activating group) is 1. The third-order valence-electron chi connectivity index (χ3n) is 1.70. The van der Waals surface area contributed by atoms with Gasteiger partial charge < -0.3 is 9.64 Å². The van der Waals surface area contributed by atoms with Crippen molar-refractivity contribution in [2.45, 2.75) is 0 Å². The van der Waals surface area contributed by atoms with Gasteiger partial charge in [-0.15, -0.1) is 0 Å². The molecule has 1 N–H and O–H groups in total.